The van der Waals surface area contributed by atoms with Gasteiger partial charge in [0.05, 0.1) is 29.3 Å². The Morgan fingerprint density at radius 3 is 2.87 bits per heavy atom. The number of allylic oxidation sites excluding steroid dienone is 1. The molecule has 2 N–H and O–H groups in total. The van der Waals surface area contributed by atoms with Gasteiger partial charge in [-0.15, -0.1) is 6.58 Å². The van der Waals surface area contributed by atoms with E-state index >= 15 is 0 Å². The molecule has 0 atom stereocenters. The van der Waals surface area contributed by atoms with Crippen molar-refractivity contribution < 1.29 is 5.11 Å². The monoisotopic (exact) mass is 303 g/mol. The number of imidazole rings is 1. The fourth-order valence-electron chi connectivity index (χ4n) is 2.84. The second-order valence-corrected chi connectivity index (χ2v) is 5.49. The van der Waals surface area contributed by atoms with E-state index in [2.05, 4.69) is 22.6 Å². The Hall–Kier alpha value is -2.90. The molecule has 0 saturated heterocycles. The van der Waals surface area contributed by atoms with Crippen LogP contribution in [0.4, 0.5) is 0 Å². The van der Waals surface area contributed by atoms with Crippen LogP contribution in [0, 0.1) is 18.3 Å². The van der Waals surface area contributed by atoms with E-state index in [9.17, 15) is 10.4 Å². The van der Waals surface area contributed by atoms with E-state index in [1.54, 1.807) is 6.08 Å². The molecule has 1 aromatic heterocycles. The maximum Gasteiger partial charge on any atom is 0.104 e. The van der Waals surface area contributed by atoms with Crippen molar-refractivity contribution in [2.75, 3.05) is 0 Å². The Morgan fingerprint density at radius 2 is 2.17 bits per heavy atom. The number of hydrogen-bond donors (Lipinski definition) is 2. The highest BCUT2D eigenvalue weighted by Crippen LogP contribution is 2.30. The topological polar surface area (TPSA) is 72.7 Å². The number of nitriles is 1. The minimum atomic E-state index is -0.176. The SMILES string of the molecule is C=CCc1cc(C#N)c(CO)c(-c2ccc3[nH]c(C)nc3c2)c1. The normalized spacial score (nSPS) is 10.7. The van der Waals surface area contributed by atoms with Crippen molar-refractivity contribution in [2.45, 2.75) is 20.0 Å². The van der Waals surface area contributed by atoms with Crippen LogP contribution in [-0.2, 0) is 13.0 Å². The number of benzene rings is 2. The standard InChI is InChI=1S/C19H17N3O/c1-3-4-13-7-15(10-20)17(11-23)16(8-13)14-5-6-18-19(9-14)22-12(2)21-18/h3,5-9,23H,1,4,11H2,2H3,(H,21,22). The zero-order chi connectivity index (χ0) is 16.4. The summed E-state index contributed by atoms with van der Waals surface area (Å²) in [6, 6.07) is 11.9. The van der Waals surface area contributed by atoms with Crippen LogP contribution < -0.4 is 0 Å². The fourth-order valence-corrected chi connectivity index (χ4v) is 2.84. The van der Waals surface area contributed by atoms with Gasteiger partial charge in [0.1, 0.15) is 5.82 Å². The predicted molar refractivity (Wildman–Crippen MR) is 90.8 cm³/mol. The molecule has 0 spiro atoms. The van der Waals surface area contributed by atoms with E-state index in [1.165, 1.54) is 0 Å². The Bertz CT molecular complexity index is 932. The number of aliphatic hydroxyl groups excluding tert-OH is 1. The summed E-state index contributed by atoms with van der Waals surface area (Å²) in [6.45, 7) is 5.49. The van der Waals surface area contributed by atoms with Gasteiger partial charge in [-0.3, -0.25) is 0 Å². The van der Waals surface area contributed by atoms with Crippen LogP contribution in [0.1, 0.15) is 22.5 Å². The van der Waals surface area contributed by atoms with Gasteiger partial charge in [-0.2, -0.15) is 5.26 Å². The molecule has 2 aromatic carbocycles. The van der Waals surface area contributed by atoms with Gasteiger partial charge in [0, 0.05) is 5.56 Å². The van der Waals surface area contributed by atoms with Crippen molar-refractivity contribution in [2.24, 2.45) is 0 Å². The fraction of sp³-hybridized carbons (Fsp3) is 0.158. The summed E-state index contributed by atoms with van der Waals surface area (Å²) in [4.78, 5) is 7.65. The highest BCUT2D eigenvalue weighted by molar-refractivity contribution is 5.83. The van der Waals surface area contributed by atoms with E-state index in [-0.39, 0.29) is 6.61 Å². The van der Waals surface area contributed by atoms with Crippen LogP contribution in [0.5, 0.6) is 0 Å². The van der Waals surface area contributed by atoms with Crippen molar-refractivity contribution in [1.82, 2.24) is 9.97 Å². The molecule has 3 aromatic rings. The average Bonchev–Trinajstić information content (AvgIpc) is 2.93. The smallest absolute Gasteiger partial charge is 0.104 e. The lowest BCUT2D eigenvalue weighted by Gasteiger charge is -2.12. The first kappa shape index (κ1) is 15.0. The van der Waals surface area contributed by atoms with E-state index < -0.39 is 0 Å². The molecule has 0 unspecified atom stereocenters. The molecule has 4 nitrogen and oxygen atoms in total. The molecular weight excluding hydrogens is 286 g/mol. The summed E-state index contributed by atoms with van der Waals surface area (Å²) >= 11 is 0. The van der Waals surface area contributed by atoms with E-state index in [1.807, 2.05) is 37.3 Å². The van der Waals surface area contributed by atoms with Crippen molar-refractivity contribution in [3.05, 3.63) is 65.5 Å². The number of nitrogens with zero attached hydrogens (tertiary/aromatic N) is 2. The highest BCUT2D eigenvalue weighted by atomic mass is 16.3. The van der Waals surface area contributed by atoms with Crippen molar-refractivity contribution in [3.63, 3.8) is 0 Å². The Morgan fingerprint density at radius 1 is 1.35 bits per heavy atom. The summed E-state index contributed by atoms with van der Waals surface area (Å²) in [5.74, 6) is 0.859. The lowest BCUT2D eigenvalue weighted by Crippen LogP contribution is -1.97. The molecule has 0 aliphatic heterocycles. The van der Waals surface area contributed by atoms with E-state index in [0.29, 0.717) is 17.5 Å². The third-order valence-corrected chi connectivity index (χ3v) is 3.88. The molecule has 23 heavy (non-hydrogen) atoms. The van der Waals surface area contributed by atoms with Gasteiger partial charge in [0.15, 0.2) is 0 Å². The maximum absolute atomic E-state index is 9.74. The first-order chi connectivity index (χ1) is 11.2. The largest absolute Gasteiger partial charge is 0.392 e. The number of hydrogen-bond acceptors (Lipinski definition) is 3. The van der Waals surface area contributed by atoms with Gasteiger partial charge in [-0.05, 0) is 48.2 Å². The minimum Gasteiger partial charge on any atom is -0.392 e. The molecule has 0 saturated carbocycles. The summed E-state index contributed by atoms with van der Waals surface area (Å²) in [6.07, 6.45) is 2.48. The van der Waals surface area contributed by atoms with Gasteiger partial charge in [0.2, 0.25) is 0 Å². The number of aromatic amines is 1. The second-order valence-electron chi connectivity index (χ2n) is 5.49. The molecule has 4 heteroatoms. The first-order valence-corrected chi connectivity index (χ1v) is 7.40. The van der Waals surface area contributed by atoms with Crippen LogP contribution in [0.15, 0.2) is 43.0 Å². The molecule has 0 radical (unpaired) electrons. The molecule has 1 heterocycles. The molecule has 0 amide bonds. The highest BCUT2D eigenvalue weighted by Gasteiger charge is 2.13. The van der Waals surface area contributed by atoms with Gasteiger partial charge in [-0.25, -0.2) is 4.98 Å². The van der Waals surface area contributed by atoms with Crippen molar-refractivity contribution >= 4 is 11.0 Å². The zero-order valence-corrected chi connectivity index (χ0v) is 12.9. The predicted octanol–water partition coefficient (Wildman–Crippen LogP) is 3.63. The van der Waals surface area contributed by atoms with E-state index in [4.69, 9.17) is 0 Å². The van der Waals surface area contributed by atoms with E-state index in [0.717, 1.165) is 33.5 Å². The quantitative estimate of drug-likeness (QED) is 0.723. The van der Waals surface area contributed by atoms with Gasteiger partial charge in [0.25, 0.3) is 0 Å². The van der Waals surface area contributed by atoms with Crippen LogP contribution in [0.25, 0.3) is 22.2 Å². The van der Waals surface area contributed by atoms with Crippen LogP contribution in [-0.4, -0.2) is 15.1 Å². The molecule has 114 valence electrons. The molecule has 0 bridgehead atoms. The number of nitrogens with one attached hydrogen (secondary N) is 1. The van der Waals surface area contributed by atoms with Crippen molar-refractivity contribution in [1.29, 1.82) is 5.26 Å². The summed E-state index contributed by atoms with van der Waals surface area (Å²) in [7, 11) is 0. The molecular formula is C19H17N3O. The number of aromatic nitrogens is 2. The minimum absolute atomic E-state index is 0.176. The Kier molecular flexibility index (Phi) is 3.96. The molecule has 3 rings (SSSR count). The lowest BCUT2D eigenvalue weighted by atomic mass is 9.92. The number of rotatable bonds is 4. The molecule has 0 aliphatic rings. The molecule has 0 aliphatic carbocycles. The second kappa shape index (κ2) is 6.07. The zero-order valence-electron chi connectivity index (χ0n) is 12.9. The average molecular weight is 303 g/mol. The number of aryl methyl sites for hydroxylation is 1. The van der Waals surface area contributed by atoms with Gasteiger partial charge < -0.3 is 10.1 Å². The van der Waals surface area contributed by atoms with Gasteiger partial charge >= 0.3 is 0 Å². The third-order valence-electron chi connectivity index (χ3n) is 3.88. The summed E-state index contributed by atoms with van der Waals surface area (Å²) in [5, 5.41) is 19.1. The van der Waals surface area contributed by atoms with Crippen molar-refractivity contribution in [3.8, 4) is 17.2 Å². The molecule has 0 fully saturated rings. The lowest BCUT2D eigenvalue weighted by molar-refractivity contribution is 0.282. The van der Waals surface area contributed by atoms with Gasteiger partial charge in [-0.1, -0.05) is 18.2 Å². The Balaban J connectivity index is 2.24. The van der Waals surface area contributed by atoms with Crippen LogP contribution in [0.3, 0.4) is 0 Å². The number of H-pyrrole nitrogens is 1. The summed E-state index contributed by atoms with van der Waals surface area (Å²) < 4.78 is 0. The number of fused-ring (bicyclic) bond motifs is 1. The Labute approximate surface area is 134 Å². The number of aliphatic hydroxyl groups is 1. The van der Waals surface area contributed by atoms with Crippen LogP contribution in [0.2, 0.25) is 0 Å². The summed E-state index contributed by atoms with van der Waals surface area (Å²) in [5.41, 5.74) is 5.80. The maximum atomic E-state index is 9.74. The van der Waals surface area contributed by atoms with Crippen LogP contribution >= 0.6 is 0 Å². The third kappa shape index (κ3) is 2.75. The first-order valence-electron chi connectivity index (χ1n) is 7.40.